The van der Waals surface area contributed by atoms with E-state index in [4.69, 9.17) is 5.73 Å². The van der Waals surface area contributed by atoms with Crippen LogP contribution in [-0.2, 0) is 4.79 Å². The SMILES string of the molecule is NCCN/C(O)=C1/N=CC=CC1=O. The zero-order chi connectivity index (χ0) is 9.68. The normalized spacial score (nSPS) is 19.0. The Balaban J connectivity index is 2.72. The van der Waals surface area contributed by atoms with Gasteiger partial charge in [0, 0.05) is 19.3 Å². The first kappa shape index (κ1) is 9.47. The fourth-order valence-electron chi connectivity index (χ4n) is 0.843. The molecule has 5 heteroatoms. The molecule has 0 aliphatic carbocycles. The zero-order valence-corrected chi connectivity index (χ0v) is 7.03. The van der Waals surface area contributed by atoms with Crippen molar-refractivity contribution in [2.45, 2.75) is 0 Å². The van der Waals surface area contributed by atoms with E-state index in [1.807, 2.05) is 0 Å². The first-order chi connectivity index (χ1) is 6.25. The van der Waals surface area contributed by atoms with Crippen LogP contribution in [0.15, 0.2) is 28.7 Å². The van der Waals surface area contributed by atoms with Gasteiger partial charge in [-0.15, -0.1) is 0 Å². The average Bonchev–Trinajstić information content (AvgIpc) is 2.15. The molecule has 0 fully saturated rings. The summed E-state index contributed by atoms with van der Waals surface area (Å²) >= 11 is 0. The number of nitrogens with two attached hydrogens (primary N) is 1. The van der Waals surface area contributed by atoms with Gasteiger partial charge in [-0.25, -0.2) is 4.99 Å². The lowest BCUT2D eigenvalue weighted by Gasteiger charge is -2.06. The highest BCUT2D eigenvalue weighted by Crippen LogP contribution is 2.06. The maximum absolute atomic E-state index is 11.1. The number of hydrogen-bond acceptors (Lipinski definition) is 5. The Hall–Kier alpha value is -1.62. The molecule has 0 unspecified atom stereocenters. The monoisotopic (exact) mass is 181 g/mol. The number of nitrogens with zero attached hydrogens (tertiary/aromatic N) is 1. The molecule has 0 radical (unpaired) electrons. The van der Waals surface area contributed by atoms with Crippen LogP contribution in [-0.4, -0.2) is 30.2 Å². The lowest BCUT2D eigenvalue weighted by atomic mass is 10.2. The van der Waals surface area contributed by atoms with Crippen molar-refractivity contribution < 1.29 is 9.90 Å². The van der Waals surface area contributed by atoms with Gasteiger partial charge in [0.05, 0.1) is 0 Å². The van der Waals surface area contributed by atoms with Gasteiger partial charge in [-0.3, -0.25) is 4.79 Å². The van der Waals surface area contributed by atoms with Gasteiger partial charge in [-0.05, 0) is 12.2 Å². The highest BCUT2D eigenvalue weighted by molar-refractivity contribution is 6.09. The van der Waals surface area contributed by atoms with Crippen molar-refractivity contribution in [2.24, 2.45) is 10.7 Å². The number of aliphatic hydroxyl groups is 1. The van der Waals surface area contributed by atoms with E-state index in [0.29, 0.717) is 13.1 Å². The van der Waals surface area contributed by atoms with E-state index < -0.39 is 0 Å². The van der Waals surface area contributed by atoms with Crippen LogP contribution in [0.1, 0.15) is 0 Å². The molecular weight excluding hydrogens is 170 g/mol. The molecule has 0 aromatic heterocycles. The minimum absolute atomic E-state index is 0.0240. The third kappa shape index (κ3) is 2.41. The Morgan fingerprint density at radius 3 is 3.08 bits per heavy atom. The molecule has 0 aromatic rings. The molecule has 4 N–H and O–H groups in total. The largest absolute Gasteiger partial charge is 0.493 e. The Morgan fingerprint density at radius 1 is 1.69 bits per heavy atom. The molecule has 5 nitrogen and oxygen atoms in total. The Labute approximate surface area is 75.6 Å². The first-order valence-corrected chi connectivity index (χ1v) is 3.88. The van der Waals surface area contributed by atoms with Crippen molar-refractivity contribution in [3.63, 3.8) is 0 Å². The number of carbonyl (C=O) groups excluding carboxylic acids is 1. The molecular formula is C8H11N3O2. The van der Waals surface area contributed by atoms with E-state index in [1.165, 1.54) is 18.4 Å². The smallest absolute Gasteiger partial charge is 0.215 e. The van der Waals surface area contributed by atoms with E-state index in [0.717, 1.165) is 0 Å². The summed E-state index contributed by atoms with van der Waals surface area (Å²) in [6.07, 6.45) is 4.29. The van der Waals surface area contributed by atoms with Crippen molar-refractivity contribution in [3.05, 3.63) is 23.7 Å². The van der Waals surface area contributed by atoms with E-state index in [9.17, 15) is 9.90 Å². The number of aliphatic imine (C=N–C) groups is 1. The molecule has 0 spiro atoms. The number of carbonyl (C=O) groups is 1. The summed E-state index contributed by atoms with van der Waals surface area (Å²) in [5.74, 6) is -0.541. The number of hydrogen-bond donors (Lipinski definition) is 3. The van der Waals surface area contributed by atoms with Crippen molar-refractivity contribution in [1.82, 2.24) is 5.32 Å². The minimum atomic E-state index is -0.315. The molecule has 70 valence electrons. The second-order valence-electron chi connectivity index (χ2n) is 2.41. The topological polar surface area (TPSA) is 87.7 Å². The number of allylic oxidation sites excluding steroid dienone is 2. The maximum atomic E-state index is 11.1. The van der Waals surface area contributed by atoms with Crippen LogP contribution in [0.5, 0.6) is 0 Å². The van der Waals surface area contributed by atoms with Crippen LogP contribution in [0.4, 0.5) is 0 Å². The lowest BCUT2D eigenvalue weighted by Crippen LogP contribution is -2.24. The summed E-state index contributed by atoms with van der Waals surface area (Å²) in [5.41, 5.74) is 5.23. The van der Waals surface area contributed by atoms with Gasteiger partial charge in [0.2, 0.25) is 11.7 Å². The third-order valence-corrected chi connectivity index (χ3v) is 1.43. The van der Waals surface area contributed by atoms with Crippen LogP contribution < -0.4 is 11.1 Å². The van der Waals surface area contributed by atoms with E-state index >= 15 is 0 Å². The second kappa shape index (κ2) is 4.42. The third-order valence-electron chi connectivity index (χ3n) is 1.43. The number of aliphatic hydroxyl groups excluding tert-OH is 1. The molecule has 0 saturated carbocycles. The van der Waals surface area contributed by atoms with Crippen LogP contribution >= 0.6 is 0 Å². The molecule has 0 saturated heterocycles. The molecule has 1 aliphatic heterocycles. The summed E-state index contributed by atoms with van der Waals surface area (Å²) in [4.78, 5) is 14.8. The van der Waals surface area contributed by atoms with Gasteiger partial charge in [-0.2, -0.15) is 0 Å². The van der Waals surface area contributed by atoms with E-state index in [2.05, 4.69) is 10.3 Å². The number of dihydropyridines is 1. The van der Waals surface area contributed by atoms with Crippen molar-refractivity contribution >= 4 is 12.0 Å². The molecule has 13 heavy (non-hydrogen) atoms. The Bertz CT molecular complexity index is 292. The predicted octanol–water partition coefficient (Wildman–Crippen LogP) is -0.529. The van der Waals surface area contributed by atoms with E-state index in [-0.39, 0.29) is 17.4 Å². The molecule has 0 amide bonds. The first-order valence-electron chi connectivity index (χ1n) is 3.88. The number of ketones is 1. The predicted molar refractivity (Wildman–Crippen MR) is 49.4 cm³/mol. The van der Waals surface area contributed by atoms with Gasteiger partial charge in [0.25, 0.3) is 0 Å². The molecule has 1 aliphatic rings. The summed E-state index contributed by atoms with van der Waals surface area (Å²) in [7, 11) is 0. The summed E-state index contributed by atoms with van der Waals surface area (Å²) in [6, 6.07) is 0. The van der Waals surface area contributed by atoms with Gasteiger partial charge in [0.15, 0.2) is 5.70 Å². The molecule has 1 heterocycles. The maximum Gasteiger partial charge on any atom is 0.215 e. The standard InChI is InChI=1S/C8H11N3O2/c9-3-5-11-8(13)7-6(12)2-1-4-10-7/h1-2,4,11,13H,3,5,9H2/b8-7-. The van der Waals surface area contributed by atoms with Crippen LogP contribution in [0, 0.1) is 0 Å². The minimum Gasteiger partial charge on any atom is -0.493 e. The summed E-state index contributed by atoms with van der Waals surface area (Å²) in [6.45, 7) is 0.785. The van der Waals surface area contributed by atoms with Crippen LogP contribution in [0.2, 0.25) is 0 Å². The summed E-state index contributed by atoms with van der Waals surface area (Å²) in [5, 5.41) is 11.9. The van der Waals surface area contributed by atoms with Crippen molar-refractivity contribution in [3.8, 4) is 0 Å². The second-order valence-corrected chi connectivity index (χ2v) is 2.41. The quantitative estimate of drug-likeness (QED) is 0.403. The Kier molecular flexibility index (Phi) is 3.22. The van der Waals surface area contributed by atoms with Crippen LogP contribution in [0.25, 0.3) is 0 Å². The lowest BCUT2D eigenvalue weighted by molar-refractivity contribution is -0.111. The van der Waals surface area contributed by atoms with E-state index in [1.54, 1.807) is 0 Å². The summed E-state index contributed by atoms with van der Waals surface area (Å²) < 4.78 is 0. The molecule has 1 rings (SSSR count). The highest BCUT2D eigenvalue weighted by Gasteiger charge is 2.12. The fourth-order valence-corrected chi connectivity index (χ4v) is 0.843. The molecule has 0 bridgehead atoms. The number of rotatable bonds is 3. The highest BCUT2D eigenvalue weighted by atomic mass is 16.3. The average molecular weight is 181 g/mol. The van der Waals surface area contributed by atoms with Crippen molar-refractivity contribution in [2.75, 3.05) is 13.1 Å². The number of nitrogens with one attached hydrogen (secondary N) is 1. The van der Waals surface area contributed by atoms with Crippen molar-refractivity contribution in [1.29, 1.82) is 0 Å². The zero-order valence-electron chi connectivity index (χ0n) is 7.03. The van der Waals surface area contributed by atoms with Crippen LogP contribution in [0.3, 0.4) is 0 Å². The fraction of sp³-hybridized carbons (Fsp3) is 0.250. The molecule has 0 aromatic carbocycles. The molecule has 0 atom stereocenters. The van der Waals surface area contributed by atoms with Gasteiger partial charge < -0.3 is 16.2 Å². The van der Waals surface area contributed by atoms with Gasteiger partial charge in [-0.1, -0.05) is 0 Å². The van der Waals surface area contributed by atoms with Gasteiger partial charge >= 0.3 is 0 Å². The van der Waals surface area contributed by atoms with Gasteiger partial charge in [0.1, 0.15) is 0 Å². The Morgan fingerprint density at radius 2 is 2.46 bits per heavy atom.